The molecule has 4 rings (SSSR count). The largest absolute Gasteiger partial charge is 0.489 e. The Labute approximate surface area is 325 Å². The van der Waals surface area contributed by atoms with E-state index in [9.17, 15) is 57.8 Å². The van der Waals surface area contributed by atoms with E-state index in [0.717, 1.165) is 30.8 Å². The number of carboxylic acids is 1. The van der Waals surface area contributed by atoms with E-state index in [-0.39, 0.29) is 47.5 Å². The fraction of sp³-hybridized carbons (Fsp3) is 0.553. The average Bonchev–Trinajstić information content (AvgIpc) is 3.12. The number of carboxylic acid groups (broad SMARTS) is 1. The summed E-state index contributed by atoms with van der Waals surface area (Å²) in [6.45, 7) is 4.80. The van der Waals surface area contributed by atoms with Crippen molar-refractivity contribution in [2.45, 2.75) is 84.0 Å². The van der Waals surface area contributed by atoms with Gasteiger partial charge in [-0.25, -0.2) is 18.4 Å². The molecule has 0 radical (unpaired) electrons. The molecule has 3 aromatic rings. The van der Waals surface area contributed by atoms with Crippen LogP contribution in [0.1, 0.15) is 86.7 Å². The van der Waals surface area contributed by atoms with E-state index < -0.39 is 75.1 Å². The maximum absolute atomic E-state index is 14.2. The maximum atomic E-state index is 14.2. The number of rotatable bonds is 16. The highest BCUT2D eigenvalue weighted by molar-refractivity contribution is 7.90. The second-order valence-electron chi connectivity index (χ2n) is 14.4. The summed E-state index contributed by atoms with van der Waals surface area (Å²) < 4.78 is 155. The van der Waals surface area contributed by atoms with Gasteiger partial charge in [0.1, 0.15) is 6.61 Å². The van der Waals surface area contributed by atoms with E-state index >= 15 is 0 Å². The summed E-state index contributed by atoms with van der Waals surface area (Å²) in [5, 5.41) is 9.65. The molecule has 1 saturated carbocycles. The number of hydrogen-bond donors (Lipinski definition) is 1. The fourth-order valence-electron chi connectivity index (χ4n) is 7.20. The van der Waals surface area contributed by atoms with Gasteiger partial charge in [0.25, 0.3) is 0 Å². The van der Waals surface area contributed by atoms with E-state index in [1.807, 2.05) is 11.8 Å². The van der Waals surface area contributed by atoms with Crippen LogP contribution in [0.4, 0.5) is 51.1 Å². The first-order valence-electron chi connectivity index (χ1n) is 18.3. The second kappa shape index (κ2) is 18.1. The Balaban J connectivity index is 1.79. The van der Waals surface area contributed by atoms with Gasteiger partial charge in [-0.2, -0.15) is 39.5 Å². The molecule has 9 nitrogen and oxygen atoms in total. The van der Waals surface area contributed by atoms with Crippen LogP contribution in [0.5, 0.6) is 5.75 Å². The summed E-state index contributed by atoms with van der Waals surface area (Å²) in [6, 6.07) is 2.70. The molecule has 0 bridgehead atoms. The van der Waals surface area contributed by atoms with Crippen LogP contribution in [0.2, 0.25) is 0 Å². The first-order valence-corrected chi connectivity index (χ1v) is 20.3. The number of carbonyl (C=O) groups is 1. The SMILES string of the molecule is CC[C@H](C(=O)O)C1CCC(CN(CC)c2ccc(C(F)(F)F)cc2CN(c2ncc(OCCS(C)(=O)=O)cn2)C(C)c2cc(C(F)(F)F)cc(C(F)(F)F)c2)CC1. The van der Waals surface area contributed by atoms with Crippen LogP contribution in [0.25, 0.3) is 0 Å². The number of alkyl halides is 9. The molecule has 1 aliphatic rings. The fourth-order valence-corrected chi connectivity index (χ4v) is 7.58. The smallest absolute Gasteiger partial charge is 0.416 e. The van der Waals surface area contributed by atoms with Crippen molar-refractivity contribution in [3.8, 4) is 5.75 Å². The second-order valence-corrected chi connectivity index (χ2v) is 16.6. The summed E-state index contributed by atoms with van der Waals surface area (Å²) in [7, 11) is -3.41. The molecule has 1 heterocycles. The van der Waals surface area contributed by atoms with Crippen molar-refractivity contribution in [3.05, 3.63) is 76.6 Å². The molecule has 2 aromatic carbocycles. The highest BCUT2D eigenvalue weighted by atomic mass is 32.2. The Bertz CT molecular complexity index is 1900. The predicted octanol–water partition coefficient (Wildman–Crippen LogP) is 9.47. The average molecular weight is 841 g/mol. The third-order valence-electron chi connectivity index (χ3n) is 10.3. The zero-order valence-corrected chi connectivity index (χ0v) is 32.5. The number of sulfone groups is 1. The number of hydrogen-bond acceptors (Lipinski definition) is 8. The first kappa shape index (κ1) is 45.4. The van der Waals surface area contributed by atoms with Crippen LogP contribution in [-0.4, -0.2) is 61.2 Å². The molecule has 0 amide bonds. The number of benzene rings is 2. The van der Waals surface area contributed by atoms with Crippen molar-refractivity contribution >= 4 is 27.4 Å². The molecule has 1 aromatic heterocycles. The van der Waals surface area contributed by atoms with Crippen molar-refractivity contribution in [1.82, 2.24) is 9.97 Å². The van der Waals surface area contributed by atoms with Crippen molar-refractivity contribution in [2.24, 2.45) is 17.8 Å². The minimum atomic E-state index is -5.18. The van der Waals surface area contributed by atoms with Gasteiger partial charge in [-0.15, -0.1) is 0 Å². The Hall–Kier alpha value is -4.29. The van der Waals surface area contributed by atoms with Gasteiger partial charge < -0.3 is 19.6 Å². The molecule has 0 saturated heterocycles. The third-order valence-corrected chi connectivity index (χ3v) is 11.2. The Morgan fingerprint density at radius 3 is 1.91 bits per heavy atom. The molecule has 2 atom stereocenters. The first-order chi connectivity index (χ1) is 26.4. The molecular weight excluding hydrogens is 795 g/mol. The summed E-state index contributed by atoms with van der Waals surface area (Å²) in [5.74, 6) is -1.96. The number of aromatic nitrogens is 2. The van der Waals surface area contributed by atoms with Gasteiger partial charge in [0.15, 0.2) is 15.6 Å². The molecule has 0 aliphatic heterocycles. The van der Waals surface area contributed by atoms with Gasteiger partial charge in [0, 0.05) is 31.6 Å². The third kappa shape index (κ3) is 12.4. The summed E-state index contributed by atoms with van der Waals surface area (Å²) >= 11 is 0. The molecule has 57 heavy (non-hydrogen) atoms. The lowest BCUT2D eigenvalue weighted by molar-refractivity contribution is -0.145. The van der Waals surface area contributed by atoms with Crippen LogP contribution in [0, 0.1) is 17.8 Å². The topological polar surface area (TPSA) is 113 Å². The van der Waals surface area contributed by atoms with Crippen LogP contribution < -0.4 is 14.5 Å². The molecule has 19 heteroatoms. The Morgan fingerprint density at radius 2 is 1.44 bits per heavy atom. The lowest BCUT2D eigenvalue weighted by Crippen LogP contribution is -2.35. The zero-order chi connectivity index (χ0) is 42.5. The van der Waals surface area contributed by atoms with E-state index in [2.05, 4.69) is 9.97 Å². The minimum Gasteiger partial charge on any atom is -0.489 e. The van der Waals surface area contributed by atoms with Crippen LogP contribution >= 0.6 is 0 Å². The summed E-state index contributed by atoms with van der Waals surface area (Å²) in [6.07, 6.45) is -8.84. The summed E-state index contributed by atoms with van der Waals surface area (Å²) in [4.78, 5) is 23.2. The van der Waals surface area contributed by atoms with Gasteiger partial charge in [-0.3, -0.25) is 4.79 Å². The van der Waals surface area contributed by atoms with Gasteiger partial charge in [0.2, 0.25) is 5.95 Å². The maximum Gasteiger partial charge on any atom is 0.416 e. The van der Waals surface area contributed by atoms with Gasteiger partial charge in [-0.05, 0) is 105 Å². The van der Waals surface area contributed by atoms with Crippen LogP contribution in [0.3, 0.4) is 0 Å². The van der Waals surface area contributed by atoms with Crippen LogP contribution in [-0.2, 0) is 39.7 Å². The van der Waals surface area contributed by atoms with Crippen molar-refractivity contribution in [2.75, 3.05) is 41.5 Å². The molecule has 1 fully saturated rings. The normalized spacial score (nSPS) is 17.8. The number of nitrogens with zero attached hydrogens (tertiary/aromatic N) is 4. The highest BCUT2D eigenvalue weighted by Gasteiger charge is 2.39. The number of aliphatic carboxylic acids is 1. The molecular formula is C38H45F9N4O5S. The zero-order valence-electron chi connectivity index (χ0n) is 31.7. The number of anilines is 2. The standard InChI is InChI=1S/C38H45F9N4O5S/c1-5-32(34(52)53)25-9-7-24(8-10-25)21-50(6-2)33-12-11-28(36(39,40)41)17-27(33)22-51(35-48-19-31(20-49-35)56-13-14-57(4,54)55)23(3)26-15-29(37(42,43)44)18-30(16-26)38(45,46)47/h11-12,15-20,23-25,32H,5-10,13-14,21-22H2,1-4H3,(H,52,53)/t23?,24?,25?,32-/m0/s1. The van der Waals surface area contributed by atoms with Crippen molar-refractivity contribution in [1.29, 1.82) is 0 Å². The minimum absolute atomic E-state index is 0.0133. The van der Waals surface area contributed by atoms with E-state index in [1.165, 1.54) is 17.9 Å². The predicted molar refractivity (Wildman–Crippen MR) is 194 cm³/mol. The lowest BCUT2D eigenvalue weighted by atomic mass is 9.75. The molecule has 1 aliphatic carbocycles. The van der Waals surface area contributed by atoms with Gasteiger partial charge >= 0.3 is 24.5 Å². The highest BCUT2D eigenvalue weighted by Crippen LogP contribution is 2.41. The molecule has 316 valence electrons. The van der Waals surface area contributed by atoms with E-state index in [1.54, 1.807) is 6.92 Å². The Kier molecular flexibility index (Phi) is 14.4. The van der Waals surface area contributed by atoms with Gasteiger partial charge in [0.05, 0.1) is 46.8 Å². The van der Waals surface area contributed by atoms with Gasteiger partial charge in [-0.1, -0.05) is 6.92 Å². The molecule has 1 N–H and O–H groups in total. The lowest BCUT2D eigenvalue weighted by Gasteiger charge is -2.37. The number of ether oxygens (including phenoxy) is 1. The van der Waals surface area contributed by atoms with Crippen molar-refractivity contribution < 1.29 is 62.6 Å². The summed E-state index contributed by atoms with van der Waals surface area (Å²) in [5.41, 5.74) is -4.33. The Morgan fingerprint density at radius 1 is 0.877 bits per heavy atom. The van der Waals surface area contributed by atoms with E-state index in [4.69, 9.17) is 4.74 Å². The quantitative estimate of drug-likeness (QED) is 0.141. The molecule has 0 spiro atoms. The van der Waals surface area contributed by atoms with Crippen molar-refractivity contribution in [3.63, 3.8) is 0 Å². The monoisotopic (exact) mass is 840 g/mol. The molecule has 1 unspecified atom stereocenters. The van der Waals surface area contributed by atoms with E-state index in [0.29, 0.717) is 63.0 Å². The number of halogens is 9. The van der Waals surface area contributed by atoms with Crippen LogP contribution in [0.15, 0.2) is 48.8 Å².